The quantitative estimate of drug-likeness (QED) is 0.105. The van der Waals surface area contributed by atoms with Gasteiger partial charge in [-0.05, 0) is 119 Å². The van der Waals surface area contributed by atoms with E-state index in [1.807, 2.05) is 71.9 Å². The Balaban J connectivity index is 0.000000118. The molecule has 0 spiro atoms. The van der Waals surface area contributed by atoms with Crippen molar-refractivity contribution in [2.75, 3.05) is 0 Å². The molecule has 12 heteroatoms. The van der Waals surface area contributed by atoms with Crippen LogP contribution in [-0.2, 0) is 0 Å². The van der Waals surface area contributed by atoms with E-state index >= 15 is 0 Å². The molecule has 0 atom stereocenters. The third-order valence-electron chi connectivity index (χ3n) is 14.6. The molecule has 0 saturated carbocycles. The Morgan fingerprint density at radius 2 is 1.03 bits per heavy atom. The maximum atomic E-state index is 5.59. The zero-order valence-corrected chi connectivity index (χ0v) is 44.7. The number of fused-ring (bicyclic) bond motifs is 20. The van der Waals surface area contributed by atoms with Crippen LogP contribution in [0.4, 0.5) is 0 Å². The van der Waals surface area contributed by atoms with E-state index in [-0.39, 0.29) is 6.17 Å². The molecule has 0 bridgehead atoms. The Bertz CT molecular complexity index is 4970. The molecule has 8 nitrogen and oxygen atoms in total. The molecule has 1 aliphatic rings. The summed E-state index contributed by atoms with van der Waals surface area (Å²) in [6, 6.07) is 67.4. The zero-order valence-electron chi connectivity index (χ0n) is 40.2. The first-order valence-electron chi connectivity index (χ1n) is 24.9. The molecule has 0 fully saturated rings. The van der Waals surface area contributed by atoms with Gasteiger partial charge in [0.25, 0.3) is 0 Å². The molecule has 76 heavy (non-hydrogen) atoms. The smallest absolute Gasteiger partial charge is 0.145 e. The molecular formula is C64H40ClIN8S2. The van der Waals surface area contributed by atoms with E-state index in [9.17, 15) is 0 Å². The molecule has 9 heterocycles. The number of halogens is 2. The van der Waals surface area contributed by atoms with E-state index in [2.05, 4.69) is 222 Å². The van der Waals surface area contributed by atoms with Crippen molar-refractivity contribution >= 4 is 168 Å². The number of nitrogens with zero attached hydrogens (tertiary/aromatic N) is 6. The molecule has 2 N–H and O–H groups in total. The van der Waals surface area contributed by atoms with Crippen molar-refractivity contribution < 1.29 is 0 Å². The second kappa shape index (κ2) is 18.2. The second-order valence-electron chi connectivity index (χ2n) is 18.8. The minimum absolute atomic E-state index is 0.105. The highest BCUT2D eigenvalue weighted by Gasteiger charge is 2.23. The lowest BCUT2D eigenvalue weighted by atomic mass is 10.0. The van der Waals surface area contributed by atoms with Crippen molar-refractivity contribution in [3.05, 3.63) is 240 Å². The number of hydrogen-bond acceptors (Lipinski definition) is 7. The topological polar surface area (TPSA) is 77.0 Å². The van der Waals surface area contributed by atoms with E-state index in [0.717, 1.165) is 36.7 Å². The minimum atomic E-state index is 0.105. The van der Waals surface area contributed by atoms with Crippen molar-refractivity contribution in [1.29, 1.82) is 0 Å². The van der Waals surface area contributed by atoms with Gasteiger partial charge in [-0.25, -0.2) is 9.97 Å². The number of pyridine rings is 3. The molecule has 17 rings (SSSR count). The van der Waals surface area contributed by atoms with Crippen LogP contribution in [0.2, 0.25) is 5.15 Å². The van der Waals surface area contributed by atoms with Gasteiger partial charge in [0, 0.05) is 121 Å². The third kappa shape index (κ3) is 7.17. The van der Waals surface area contributed by atoms with Gasteiger partial charge in [-0.15, -0.1) is 22.7 Å². The lowest BCUT2D eigenvalue weighted by Gasteiger charge is -2.14. The van der Waals surface area contributed by atoms with Gasteiger partial charge in [-0.1, -0.05) is 109 Å². The number of hydrogen-bond donors (Lipinski definition) is 2. The first kappa shape index (κ1) is 45.1. The lowest BCUT2D eigenvalue weighted by Crippen LogP contribution is -2.20. The summed E-state index contributed by atoms with van der Waals surface area (Å²) in [5.74, 6) is 0. The minimum Gasteiger partial charge on any atom is -0.366 e. The van der Waals surface area contributed by atoms with Gasteiger partial charge in [0.2, 0.25) is 0 Å². The van der Waals surface area contributed by atoms with Crippen LogP contribution in [0, 0.1) is 3.57 Å². The fourth-order valence-corrected chi connectivity index (χ4v) is 14.0. The monoisotopic (exact) mass is 1150 g/mol. The summed E-state index contributed by atoms with van der Waals surface area (Å²) >= 11 is 11.5. The van der Waals surface area contributed by atoms with E-state index in [1.54, 1.807) is 6.20 Å². The molecule has 0 saturated heterocycles. The van der Waals surface area contributed by atoms with Crippen LogP contribution in [0.5, 0.6) is 0 Å². The molecule has 16 aromatic rings. The van der Waals surface area contributed by atoms with Crippen LogP contribution < -0.4 is 10.6 Å². The molecular weight excluding hydrogens is 1110 g/mol. The predicted octanol–water partition coefficient (Wildman–Crippen LogP) is 17.7. The van der Waals surface area contributed by atoms with Crippen LogP contribution >= 0.6 is 56.9 Å². The average molecular weight is 1150 g/mol. The van der Waals surface area contributed by atoms with Crippen LogP contribution in [0.3, 0.4) is 0 Å². The number of aromatic nitrogens is 6. The molecule has 8 aromatic carbocycles. The molecule has 0 unspecified atom stereocenters. The first-order chi connectivity index (χ1) is 37.6. The number of rotatable bonds is 3. The van der Waals surface area contributed by atoms with Gasteiger partial charge >= 0.3 is 0 Å². The fraction of sp³-hybridized carbons (Fsp3) is 0.0156. The van der Waals surface area contributed by atoms with E-state index in [0.29, 0.717) is 5.15 Å². The highest BCUT2D eigenvalue weighted by Crippen LogP contribution is 2.46. The van der Waals surface area contributed by atoms with E-state index in [1.165, 1.54) is 95.2 Å². The van der Waals surface area contributed by atoms with Gasteiger partial charge < -0.3 is 19.8 Å². The summed E-state index contributed by atoms with van der Waals surface area (Å²) in [6.07, 6.45) is 11.5. The van der Waals surface area contributed by atoms with Crippen LogP contribution in [0.15, 0.2) is 225 Å². The maximum absolute atomic E-state index is 5.59. The SMILES string of the molecule is C1=CNC(c2ccc3c4ccc5sc6ccccc6c5c4n(-c4ccccc4)c3c2)N1.Clc1ncccc1I.c1ccc(-n2c3cc4c(cc3c3ccc5sc6ccccc6c5c32)c2ncccc2n2ccnc42)cc1. The summed E-state index contributed by atoms with van der Waals surface area (Å²) in [5.41, 5.74) is 11.5. The van der Waals surface area contributed by atoms with Gasteiger partial charge in [0.1, 0.15) is 17.0 Å². The molecule has 0 aliphatic carbocycles. The van der Waals surface area contributed by atoms with Crippen LogP contribution in [-0.4, -0.2) is 28.5 Å². The molecule has 1 aliphatic heterocycles. The summed E-state index contributed by atoms with van der Waals surface area (Å²) in [5, 5.41) is 19.9. The Morgan fingerprint density at radius 3 is 1.66 bits per heavy atom. The standard InChI is InChI=1S/C32H18N4S.C27H19N3S.C5H3ClIN/c1-2-7-19(8-3-1)36-26-18-24-23(30-25(10-6-14-33-30)35-16-15-34-32(24)35)17-22(26)20-12-13-28-29(31(20)36)21-9-4-5-11-27(21)37-28;1-2-6-18(7-3-1)30-22-16-17(27-28-14-15-29-27)10-11-19(22)20-12-13-24-25(26(20)30)21-8-4-5-9-23(21)31-24;6-5-4(7)2-1-3-8-5/h1-18H;1-16,27-29H;1-3H. The summed E-state index contributed by atoms with van der Waals surface area (Å²) in [6.45, 7) is 0. The molecule has 0 amide bonds. The summed E-state index contributed by atoms with van der Waals surface area (Å²) < 4.78 is 13.3. The van der Waals surface area contributed by atoms with E-state index < -0.39 is 0 Å². The Morgan fingerprint density at radius 1 is 0.447 bits per heavy atom. The van der Waals surface area contributed by atoms with Crippen molar-refractivity contribution in [3.63, 3.8) is 0 Å². The molecule has 0 radical (unpaired) electrons. The fourth-order valence-electron chi connectivity index (χ4n) is 11.3. The highest BCUT2D eigenvalue weighted by molar-refractivity contribution is 14.1. The first-order valence-corrected chi connectivity index (χ1v) is 28.0. The predicted molar refractivity (Wildman–Crippen MR) is 329 cm³/mol. The number of thiophene rings is 2. The second-order valence-corrected chi connectivity index (χ2v) is 22.5. The number of nitrogens with one attached hydrogen (secondary N) is 2. The van der Waals surface area contributed by atoms with Gasteiger partial charge in [-0.3, -0.25) is 9.38 Å². The number of benzene rings is 8. The Kier molecular flexibility index (Phi) is 10.8. The summed E-state index contributed by atoms with van der Waals surface area (Å²) in [4.78, 5) is 13.4. The van der Waals surface area contributed by atoms with Crippen LogP contribution in [0.25, 0.3) is 123 Å². The van der Waals surface area contributed by atoms with Gasteiger partial charge in [0.15, 0.2) is 0 Å². The molecule has 8 aromatic heterocycles. The van der Waals surface area contributed by atoms with Crippen molar-refractivity contribution in [3.8, 4) is 11.4 Å². The number of imidazole rings is 1. The summed E-state index contributed by atoms with van der Waals surface area (Å²) in [7, 11) is 0. The van der Waals surface area contributed by atoms with E-state index in [4.69, 9.17) is 21.6 Å². The average Bonchev–Trinajstić information content (AvgIpc) is 4.51. The van der Waals surface area contributed by atoms with Gasteiger partial charge in [0.05, 0.1) is 36.7 Å². The van der Waals surface area contributed by atoms with Crippen molar-refractivity contribution in [1.82, 2.24) is 39.1 Å². The maximum Gasteiger partial charge on any atom is 0.145 e. The Labute approximate surface area is 460 Å². The highest BCUT2D eigenvalue weighted by atomic mass is 127. The van der Waals surface area contributed by atoms with Crippen molar-refractivity contribution in [2.45, 2.75) is 6.17 Å². The third-order valence-corrected chi connectivity index (χ3v) is 18.3. The normalized spacial score (nSPS) is 12.7. The molecule has 362 valence electrons. The van der Waals surface area contributed by atoms with Crippen molar-refractivity contribution in [2.24, 2.45) is 0 Å². The largest absolute Gasteiger partial charge is 0.366 e. The van der Waals surface area contributed by atoms with Gasteiger partial charge in [-0.2, -0.15) is 0 Å². The van der Waals surface area contributed by atoms with Crippen LogP contribution in [0.1, 0.15) is 11.7 Å². The zero-order chi connectivity index (χ0) is 50.4. The number of para-hydroxylation sites is 2. The lowest BCUT2D eigenvalue weighted by molar-refractivity contribution is 0.608. The Hall–Kier alpha value is -8.33.